The first-order valence-electron chi connectivity index (χ1n) is 7.93. The number of amides is 2. The van der Waals surface area contributed by atoms with Gasteiger partial charge in [-0.3, -0.25) is 9.59 Å². The molecule has 1 aliphatic carbocycles. The topological polar surface area (TPSA) is 58.6 Å². The minimum absolute atomic E-state index is 0.0744. The fourth-order valence-electron chi connectivity index (χ4n) is 2.56. The van der Waals surface area contributed by atoms with E-state index in [9.17, 15) is 9.59 Å². The lowest BCUT2D eigenvalue weighted by Gasteiger charge is -2.18. The highest BCUT2D eigenvalue weighted by molar-refractivity contribution is 5.99. The van der Waals surface area contributed by atoms with Crippen LogP contribution in [0.15, 0.2) is 24.3 Å². The molecular weight excluding hydrogens is 280 g/mol. The lowest BCUT2D eigenvalue weighted by molar-refractivity contribution is -0.133. The lowest BCUT2D eigenvalue weighted by atomic mass is 10.2. The summed E-state index contributed by atoms with van der Waals surface area (Å²) in [4.78, 5) is 26.2. The molecule has 120 valence electrons. The predicted octanol–water partition coefficient (Wildman–Crippen LogP) is 2.53. The number of benzene rings is 1. The number of hydrogen-bond donors (Lipinski definition) is 1. The third-order valence-corrected chi connectivity index (χ3v) is 3.95. The number of carbonyl (C=O) groups excluding carboxylic acids is 2. The van der Waals surface area contributed by atoms with Crippen molar-refractivity contribution in [3.63, 3.8) is 0 Å². The molecule has 2 atom stereocenters. The van der Waals surface area contributed by atoms with Crippen molar-refractivity contribution >= 4 is 17.5 Å². The van der Waals surface area contributed by atoms with Gasteiger partial charge in [-0.15, -0.1) is 0 Å². The van der Waals surface area contributed by atoms with Crippen LogP contribution in [-0.2, 0) is 9.59 Å². The summed E-state index contributed by atoms with van der Waals surface area (Å²) in [6, 6.07) is 7.27. The quantitative estimate of drug-likeness (QED) is 0.842. The van der Waals surface area contributed by atoms with Crippen molar-refractivity contribution in [2.45, 2.75) is 27.2 Å². The van der Waals surface area contributed by atoms with Crippen molar-refractivity contribution in [3.8, 4) is 5.75 Å². The fraction of sp³-hybridized carbons (Fsp3) is 0.529. The van der Waals surface area contributed by atoms with E-state index < -0.39 is 0 Å². The van der Waals surface area contributed by atoms with Crippen LogP contribution in [0.1, 0.15) is 27.2 Å². The Balaban J connectivity index is 1.87. The van der Waals surface area contributed by atoms with Gasteiger partial charge in [0, 0.05) is 18.8 Å². The monoisotopic (exact) mass is 304 g/mol. The van der Waals surface area contributed by atoms with Gasteiger partial charge in [0.1, 0.15) is 5.75 Å². The third kappa shape index (κ3) is 3.78. The normalized spacial score (nSPS) is 19.4. The summed E-state index contributed by atoms with van der Waals surface area (Å²) in [5.74, 6) is 0.454. The number of carbonyl (C=O) groups is 2. The first kappa shape index (κ1) is 16.3. The van der Waals surface area contributed by atoms with E-state index in [1.807, 2.05) is 45.0 Å². The maximum Gasteiger partial charge on any atom is 0.228 e. The molecule has 1 aromatic carbocycles. The Morgan fingerprint density at radius 1 is 1.14 bits per heavy atom. The van der Waals surface area contributed by atoms with Crippen LogP contribution in [-0.4, -0.2) is 36.4 Å². The van der Waals surface area contributed by atoms with Gasteiger partial charge in [0.05, 0.1) is 18.4 Å². The Labute approximate surface area is 131 Å². The van der Waals surface area contributed by atoms with Crippen LogP contribution in [0, 0.1) is 11.8 Å². The average Bonchev–Trinajstić information content (AvgIpc) is 3.31. The number of nitrogens with one attached hydrogen (secondary N) is 1. The number of rotatable bonds is 7. The van der Waals surface area contributed by atoms with Gasteiger partial charge < -0.3 is 15.0 Å². The molecule has 5 heteroatoms. The Hall–Kier alpha value is -2.04. The van der Waals surface area contributed by atoms with Gasteiger partial charge in [-0.2, -0.15) is 0 Å². The number of nitrogens with zero attached hydrogens (tertiary/aromatic N) is 1. The van der Waals surface area contributed by atoms with Gasteiger partial charge in [-0.25, -0.2) is 0 Å². The molecule has 1 fully saturated rings. The number of ether oxygens (including phenoxy) is 1. The summed E-state index contributed by atoms with van der Waals surface area (Å²) in [6.07, 6.45) is 0.651. The largest absolute Gasteiger partial charge is 0.494 e. The van der Waals surface area contributed by atoms with E-state index in [0.717, 1.165) is 11.4 Å². The van der Waals surface area contributed by atoms with Crippen LogP contribution in [0.5, 0.6) is 5.75 Å². The van der Waals surface area contributed by atoms with Crippen molar-refractivity contribution < 1.29 is 14.3 Å². The maximum absolute atomic E-state index is 12.2. The molecule has 0 aromatic heterocycles. The summed E-state index contributed by atoms with van der Waals surface area (Å²) < 4.78 is 5.36. The van der Waals surface area contributed by atoms with Crippen molar-refractivity contribution in [2.24, 2.45) is 11.8 Å². The molecule has 1 aliphatic rings. The Kier molecular flexibility index (Phi) is 5.41. The number of anilines is 1. The molecule has 0 bridgehead atoms. The second-order valence-electron chi connectivity index (χ2n) is 5.41. The second kappa shape index (κ2) is 7.29. The van der Waals surface area contributed by atoms with Gasteiger partial charge in [0.25, 0.3) is 0 Å². The van der Waals surface area contributed by atoms with Gasteiger partial charge in [0.15, 0.2) is 0 Å². The molecule has 0 spiro atoms. The van der Waals surface area contributed by atoms with E-state index in [0.29, 0.717) is 26.1 Å². The molecule has 2 unspecified atom stereocenters. The van der Waals surface area contributed by atoms with Crippen LogP contribution in [0.2, 0.25) is 0 Å². The van der Waals surface area contributed by atoms with Gasteiger partial charge in [-0.05, 0) is 51.5 Å². The molecule has 5 nitrogen and oxygen atoms in total. The summed E-state index contributed by atoms with van der Waals surface area (Å²) in [5, 5.41) is 2.87. The highest BCUT2D eigenvalue weighted by Crippen LogP contribution is 2.40. The molecule has 1 saturated carbocycles. The van der Waals surface area contributed by atoms with E-state index in [-0.39, 0.29) is 23.7 Å². The third-order valence-electron chi connectivity index (χ3n) is 3.95. The lowest BCUT2D eigenvalue weighted by Crippen LogP contribution is -2.33. The van der Waals surface area contributed by atoms with Gasteiger partial charge >= 0.3 is 0 Å². The van der Waals surface area contributed by atoms with E-state index >= 15 is 0 Å². The molecule has 1 aromatic rings. The highest BCUT2D eigenvalue weighted by Gasteiger charge is 2.49. The minimum Gasteiger partial charge on any atom is -0.494 e. The maximum atomic E-state index is 12.2. The molecular formula is C17H24N2O3. The second-order valence-corrected chi connectivity index (χ2v) is 5.41. The molecule has 0 aliphatic heterocycles. The van der Waals surface area contributed by atoms with Crippen molar-refractivity contribution in [3.05, 3.63) is 24.3 Å². The van der Waals surface area contributed by atoms with Crippen molar-refractivity contribution in [1.29, 1.82) is 0 Å². The van der Waals surface area contributed by atoms with E-state index in [4.69, 9.17) is 4.74 Å². The smallest absolute Gasteiger partial charge is 0.228 e. The summed E-state index contributed by atoms with van der Waals surface area (Å²) in [6.45, 7) is 7.84. The molecule has 22 heavy (non-hydrogen) atoms. The fourth-order valence-corrected chi connectivity index (χ4v) is 2.56. The van der Waals surface area contributed by atoms with Gasteiger partial charge in [0.2, 0.25) is 11.8 Å². The molecule has 0 heterocycles. The summed E-state index contributed by atoms with van der Waals surface area (Å²) >= 11 is 0. The zero-order valence-electron chi connectivity index (χ0n) is 13.5. The standard InChI is InChI=1S/C17H24N2O3/c1-4-19(5-2)17(21)15-11-14(15)16(20)18-12-7-9-13(10-8-12)22-6-3/h7-10,14-15H,4-6,11H2,1-3H3,(H,18,20). The minimum atomic E-state index is -0.195. The SMILES string of the molecule is CCOc1ccc(NC(=O)C2CC2C(=O)N(CC)CC)cc1. The zero-order chi connectivity index (χ0) is 16.1. The number of hydrogen-bond acceptors (Lipinski definition) is 3. The molecule has 1 N–H and O–H groups in total. The van der Waals surface area contributed by atoms with Crippen LogP contribution in [0.25, 0.3) is 0 Å². The van der Waals surface area contributed by atoms with Crippen LogP contribution < -0.4 is 10.1 Å². The highest BCUT2D eigenvalue weighted by atomic mass is 16.5. The molecule has 2 rings (SSSR count). The van der Waals surface area contributed by atoms with Gasteiger partial charge in [-0.1, -0.05) is 0 Å². The summed E-state index contributed by atoms with van der Waals surface area (Å²) in [5.41, 5.74) is 0.731. The van der Waals surface area contributed by atoms with Crippen LogP contribution >= 0.6 is 0 Å². The van der Waals surface area contributed by atoms with Crippen molar-refractivity contribution in [2.75, 3.05) is 25.0 Å². The van der Waals surface area contributed by atoms with Crippen LogP contribution in [0.4, 0.5) is 5.69 Å². The van der Waals surface area contributed by atoms with E-state index in [2.05, 4.69) is 5.32 Å². The Morgan fingerprint density at radius 3 is 2.32 bits per heavy atom. The molecule has 0 saturated heterocycles. The predicted molar refractivity (Wildman–Crippen MR) is 85.8 cm³/mol. The van der Waals surface area contributed by atoms with Crippen LogP contribution in [0.3, 0.4) is 0 Å². The Bertz CT molecular complexity index is 523. The first-order valence-corrected chi connectivity index (χ1v) is 7.93. The molecule has 0 radical (unpaired) electrons. The van der Waals surface area contributed by atoms with Crippen molar-refractivity contribution in [1.82, 2.24) is 4.90 Å². The zero-order valence-corrected chi connectivity index (χ0v) is 13.5. The summed E-state index contributed by atoms with van der Waals surface area (Å²) in [7, 11) is 0. The van der Waals surface area contributed by atoms with E-state index in [1.54, 1.807) is 4.90 Å². The first-order chi connectivity index (χ1) is 10.6. The average molecular weight is 304 g/mol. The van der Waals surface area contributed by atoms with E-state index in [1.165, 1.54) is 0 Å². The Morgan fingerprint density at radius 2 is 1.77 bits per heavy atom. The molecule has 2 amide bonds.